The number of nitrogens with one attached hydrogen (secondary N) is 1. The van der Waals surface area contributed by atoms with Crippen molar-refractivity contribution in [1.82, 2.24) is 20.2 Å². The molecule has 19 heavy (non-hydrogen) atoms. The number of H-pyrrole nitrogens is 1. The topological polar surface area (TPSA) is 97.8 Å². The summed E-state index contributed by atoms with van der Waals surface area (Å²) in [6.07, 6.45) is 1.56. The summed E-state index contributed by atoms with van der Waals surface area (Å²) in [5, 5.41) is 7.31. The molecule has 0 unspecified atom stereocenters. The minimum atomic E-state index is -0.793. The van der Waals surface area contributed by atoms with Gasteiger partial charge < -0.3 is 9.72 Å². The van der Waals surface area contributed by atoms with E-state index in [4.69, 9.17) is 0 Å². The molecule has 0 saturated carbocycles. The van der Waals surface area contributed by atoms with Gasteiger partial charge >= 0.3 is 5.97 Å². The van der Waals surface area contributed by atoms with E-state index in [0.29, 0.717) is 5.69 Å². The lowest BCUT2D eigenvalue weighted by Crippen LogP contribution is -2.23. The molecule has 0 radical (unpaired) electrons. The molecule has 2 aromatic rings. The summed E-state index contributed by atoms with van der Waals surface area (Å²) < 4.78 is 4.68. The van der Waals surface area contributed by atoms with Crippen LogP contribution >= 0.6 is 12.4 Å². The van der Waals surface area contributed by atoms with E-state index < -0.39 is 11.5 Å². The molecule has 2 aromatic heterocycles. The van der Waals surface area contributed by atoms with Crippen molar-refractivity contribution in [2.24, 2.45) is 0 Å². The molecular weight excluding hydrogens is 272 g/mol. The lowest BCUT2D eigenvalue weighted by molar-refractivity contribution is 0.0515. The van der Waals surface area contributed by atoms with Gasteiger partial charge in [-0.3, -0.25) is 9.78 Å². The molecule has 0 aliphatic carbocycles. The molecule has 0 amide bonds. The zero-order chi connectivity index (χ0) is 13.0. The first kappa shape index (κ1) is 14.8. The Kier molecular flexibility index (Phi) is 5.13. The second-order valence-corrected chi connectivity index (χ2v) is 3.29. The van der Waals surface area contributed by atoms with Gasteiger partial charge in [-0.1, -0.05) is 6.07 Å². The van der Waals surface area contributed by atoms with Crippen molar-refractivity contribution in [3.8, 4) is 11.5 Å². The van der Waals surface area contributed by atoms with Crippen LogP contribution in [0.4, 0.5) is 0 Å². The lowest BCUT2D eigenvalue weighted by atomic mass is 10.3. The highest BCUT2D eigenvalue weighted by Crippen LogP contribution is 2.06. The maximum Gasteiger partial charge on any atom is 0.364 e. The van der Waals surface area contributed by atoms with Crippen molar-refractivity contribution < 1.29 is 9.53 Å². The van der Waals surface area contributed by atoms with E-state index in [1.807, 2.05) is 0 Å². The van der Waals surface area contributed by atoms with Gasteiger partial charge in [-0.05, 0) is 19.1 Å². The highest BCUT2D eigenvalue weighted by atomic mass is 35.5. The Balaban J connectivity index is 0.00000180. The summed E-state index contributed by atoms with van der Waals surface area (Å²) >= 11 is 0. The van der Waals surface area contributed by atoms with Crippen LogP contribution in [0, 0.1) is 0 Å². The number of halogens is 1. The number of hydrogen-bond donors (Lipinski definition) is 1. The average molecular weight is 283 g/mol. The number of carbonyl (C=O) groups is 1. The van der Waals surface area contributed by atoms with Crippen LogP contribution in [0.1, 0.15) is 17.4 Å². The van der Waals surface area contributed by atoms with Crippen molar-refractivity contribution in [2.45, 2.75) is 6.92 Å². The third-order valence-corrected chi connectivity index (χ3v) is 2.07. The van der Waals surface area contributed by atoms with E-state index in [1.165, 1.54) is 0 Å². The summed E-state index contributed by atoms with van der Waals surface area (Å²) in [6.45, 7) is 1.81. The van der Waals surface area contributed by atoms with Crippen LogP contribution in [0.2, 0.25) is 0 Å². The number of esters is 1. The van der Waals surface area contributed by atoms with Gasteiger partial charge in [0.2, 0.25) is 5.69 Å². The van der Waals surface area contributed by atoms with Crippen LogP contribution in [0.15, 0.2) is 29.2 Å². The lowest BCUT2D eigenvalue weighted by Gasteiger charge is -2.01. The number of hydrogen-bond acceptors (Lipinski definition) is 6. The van der Waals surface area contributed by atoms with Gasteiger partial charge in [-0.25, -0.2) is 4.79 Å². The standard InChI is InChI=1S/C11H10N4O3.ClH/c1-2-18-11(17)8-10(16)13-9(15-14-8)7-5-3-4-6-12-7;/h3-6H,2H2,1H3,(H,13,15,16);1H. The Morgan fingerprint density at radius 2 is 2.16 bits per heavy atom. The number of aromatic amines is 1. The minimum absolute atomic E-state index is 0. The van der Waals surface area contributed by atoms with Gasteiger partial charge in [-0.2, -0.15) is 0 Å². The molecular formula is C11H11ClN4O3. The molecule has 0 aromatic carbocycles. The van der Waals surface area contributed by atoms with E-state index in [2.05, 4.69) is 24.9 Å². The SMILES string of the molecule is CCOC(=O)c1nnc(-c2ccccn2)[nH]c1=O.Cl. The van der Waals surface area contributed by atoms with Crippen LogP contribution in [0.3, 0.4) is 0 Å². The molecule has 2 heterocycles. The van der Waals surface area contributed by atoms with Crippen molar-refractivity contribution in [3.05, 3.63) is 40.4 Å². The minimum Gasteiger partial charge on any atom is -0.461 e. The summed E-state index contributed by atoms with van der Waals surface area (Å²) in [7, 11) is 0. The smallest absolute Gasteiger partial charge is 0.364 e. The molecule has 1 N–H and O–H groups in total. The number of aromatic nitrogens is 4. The quantitative estimate of drug-likeness (QED) is 0.837. The molecule has 0 bridgehead atoms. The predicted octanol–water partition coefficient (Wildman–Crippen LogP) is 0.825. The van der Waals surface area contributed by atoms with Gasteiger partial charge in [-0.15, -0.1) is 22.6 Å². The second-order valence-electron chi connectivity index (χ2n) is 3.29. The molecule has 8 heteroatoms. The van der Waals surface area contributed by atoms with E-state index in [9.17, 15) is 9.59 Å². The molecule has 7 nitrogen and oxygen atoms in total. The third kappa shape index (κ3) is 3.35. The first-order chi connectivity index (χ1) is 8.72. The van der Waals surface area contributed by atoms with Gasteiger partial charge in [0.15, 0.2) is 5.82 Å². The second kappa shape index (κ2) is 6.60. The monoisotopic (exact) mass is 282 g/mol. The van der Waals surface area contributed by atoms with E-state index >= 15 is 0 Å². The van der Waals surface area contributed by atoms with Gasteiger partial charge in [0, 0.05) is 6.20 Å². The first-order valence-corrected chi connectivity index (χ1v) is 5.28. The Morgan fingerprint density at radius 1 is 1.37 bits per heavy atom. The normalized spacial score (nSPS) is 9.53. The van der Waals surface area contributed by atoms with Crippen molar-refractivity contribution in [1.29, 1.82) is 0 Å². The molecule has 0 saturated heterocycles. The van der Waals surface area contributed by atoms with Crippen molar-refractivity contribution in [3.63, 3.8) is 0 Å². The predicted molar refractivity (Wildman–Crippen MR) is 69.1 cm³/mol. The van der Waals surface area contributed by atoms with Crippen LogP contribution in [-0.2, 0) is 4.74 Å². The average Bonchev–Trinajstić information content (AvgIpc) is 2.40. The van der Waals surface area contributed by atoms with Gasteiger partial charge in [0.05, 0.1) is 6.61 Å². The maximum absolute atomic E-state index is 11.6. The van der Waals surface area contributed by atoms with Crippen LogP contribution < -0.4 is 5.56 Å². The molecule has 0 atom stereocenters. The molecule has 0 spiro atoms. The Labute approximate surface area is 114 Å². The summed E-state index contributed by atoms with van der Waals surface area (Å²) in [5.74, 6) is -0.590. The molecule has 0 aliphatic heterocycles. The van der Waals surface area contributed by atoms with Crippen molar-refractivity contribution >= 4 is 18.4 Å². The number of rotatable bonds is 3. The summed E-state index contributed by atoms with van der Waals surface area (Å²) in [4.78, 5) is 29.4. The summed E-state index contributed by atoms with van der Waals surface area (Å²) in [6, 6.07) is 5.16. The van der Waals surface area contributed by atoms with Gasteiger partial charge in [0.25, 0.3) is 5.56 Å². The summed E-state index contributed by atoms with van der Waals surface area (Å²) in [5.41, 5.74) is -0.543. The zero-order valence-electron chi connectivity index (χ0n) is 9.99. The molecule has 0 fully saturated rings. The number of carbonyl (C=O) groups excluding carboxylic acids is 1. The highest BCUT2D eigenvalue weighted by Gasteiger charge is 2.15. The molecule has 100 valence electrons. The van der Waals surface area contributed by atoms with Crippen LogP contribution in [0.25, 0.3) is 11.5 Å². The van der Waals surface area contributed by atoms with E-state index in [0.717, 1.165) is 0 Å². The first-order valence-electron chi connectivity index (χ1n) is 5.28. The maximum atomic E-state index is 11.6. The Morgan fingerprint density at radius 3 is 2.74 bits per heavy atom. The largest absolute Gasteiger partial charge is 0.461 e. The Hall–Kier alpha value is -2.28. The van der Waals surface area contributed by atoms with Gasteiger partial charge in [0.1, 0.15) is 5.69 Å². The Bertz CT molecular complexity index is 615. The van der Waals surface area contributed by atoms with Crippen LogP contribution in [-0.4, -0.2) is 32.7 Å². The van der Waals surface area contributed by atoms with Crippen molar-refractivity contribution in [2.75, 3.05) is 6.61 Å². The number of ether oxygens (including phenoxy) is 1. The zero-order valence-corrected chi connectivity index (χ0v) is 10.8. The molecule has 0 aliphatic rings. The fraction of sp³-hybridized carbons (Fsp3) is 0.182. The van der Waals surface area contributed by atoms with E-state index in [1.54, 1.807) is 31.3 Å². The molecule has 2 rings (SSSR count). The third-order valence-electron chi connectivity index (χ3n) is 2.07. The number of nitrogens with zero attached hydrogens (tertiary/aromatic N) is 3. The number of pyridine rings is 1. The van der Waals surface area contributed by atoms with Crippen LogP contribution in [0.5, 0.6) is 0 Å². The van der Waals surface area contributed by atoms with E-state index in [-0.39, 0.29) is 30.5 Å². The fourth-order valence-corrected chi connectivity index (χ4v) is 1.29. The fourth-order valence-electron chi connectivity index (χ4n) is 1.29. The highest BCUT2D eigenvalue weighted by molar-refractivity contribution is 5.86.